The SMILES string of the molecule is O=C(CCCS(=O)Cc1ccccc1Cl)c1ccccc1. The van der Waals surface area contributed by atoms with Crippen molar-refractivity contribution in [3.05, 3.63) is 70.7 Å². The predicted octanol–water partition coefficient (Wildman–Crippen LogP) is 4.25. The smallest absolute Gasteiger partial charge is 0.162 e. The fourth-order valence-electron chi connectivity index (χ4n) is 2.02. The van der Waals surface area contributed by atoms with Crippen LogP contribution >= 0.6 is 11.6 Å². The van der Waals surface area contributed by atoms with Crippen LogP contribution in [-0.2, 0) is 16.6 Å². The van der Waals surface area contributed by atoms with E-state index in [-0.39, 0.29) is 5.78 Å². The second kappa shape index (κ2) is 8.11. The van der Waals surface area contributed by atoms with Crippen LogP contribution in [-0.4, -0.2) is 15.7 Å². The summed E-state index contributed by atoms with van der Waals surface area (Å²) in [4.78, 5) is 11.9. The van der Waals surface area contributed by atoms with E-state index in [1.165, 1.54) is 0 Å². The standard InChI is InChI=1S/C17H17ClO2S/c18-16-10-5-4-9-15(16)13-21(20)12-6-11-17(19)14-7-2-1-3-8-14/h1-5,7-10H,6,11-13H2. The highest BCUT2D eigenvalue weighted by Gasteiger charge is 2.08. The van der Waals surface area contributed by atoms with E-state index in [2.05, 4.69) is 0 Å². The minimum absolute atomic E-state index is 0.102. The molecule has 0 N–H and O–H groups in total. The van der Waals surface area contributed by atoms with Crippen LogP contribution < -0.4 is 0 Å². The molecule has 2 rings (SSSR count). The van der Waals surface area contributed by atoms with Gasteiger partial charge in [-0.15, -0.1) is 0 Å². The Kier molecular flexibility index (Phi) is 6.15. The maximum atomic E-state index is 12.0. The number of ketones is 1. The van der Waals surface area contributed by atoms with Crippen molar-refractivity contribution in [1.29, 1.82) is 0 Å². The number of hydrogen-bond acceptors (Lipinski definition) is 2. The van der Waals surface area contributed by atoms with Crippen molar-refractivity contribution in [3.8, 4) is 0 Å². The minimum Gasteiger partial charge on any atom is -0.294 e. The highest BCUT2D eigenvalue weighted by Crippen LogP contribution is 2.17. The van der Waals surface area contributed by atoms with Gasteiger partial charge in [-0.05, 0) is 18.1 Å². The lowest BCUT2D eigenvalue weighted by Crippen LogP contribution is -2.05. The fourth-order valence-corrected chi connectivity index (χ4v) is 3.51. The van der Waals surface area contributed by atoms with Crippen LogP contribution in [0.25, 0.3) is 0 Å². The number of hydrogen-bond donors (Lipinski definition) is 0. The molecular formula is C17H17ClO2S. The first-order valence-corrected chi connectivity index (χ1v) is 8.70. The van der Waals surface area contributed by atoms with Gasteiger partial charge in [-0.1, -0.05) is 60.1 Å². The van der Waals surface area contributed by atoms with Gasteiger partial charge in [-0.3, -0.25) is 9.00 Å². The molecule has 0 aromatic heterocycles. The summed E-state index contributed by atoms with van der Waals surface area (Å²) in [6.45, 7) is 0. The first kappa shape index (κ1) is 15.9. The van der Waals surface area contributed by atoms with Gasteiger partial charge in [0.2, 0.25) is 0 Å². The van der Waals surface area contributed by atoms with Crippen LogP contribution in [0.5, 0.6) is 0 Å². The number of carbonyl (C=O) groups is 1. The summed E-state index contributed by atoms with van der Waals surface area (Å²) in [5, 5.41) is 0.645. The van der Waals surface area contributed by atoms with E-state index in [1.54, 1.807) is 6.07 Å². The van der Waals surface area contributed by atoms with Crippen LogP contribution in [0, 0.1) is 0 Å². The van der Waals surface area contributed by atoms with E-state index in [4.69, 9.17) is 11.6 Å². The van der Waals surface area contributed by atoms with Crippen LogP contribution in [0.1, 0.15) is 28.8 Å². The molecule has 0 aliphatic heterocycles. The van der Waals surface area contributed by atoms with Crippen molar-refractivity contribution in [2.24, 2.45) is 0 Å². The predicted molar refractivity (Wildman–Crippen MR) is 88.2 cm³/mol. The third kappa shape index (κ3) is 5.10. The highest BCUT2D eigenvalue weighted by atomic mass is 35.5. The van der Waals surface area contributed by atoms with Crippen molar-refractivity contribution in [1.82, 2.24) is 0 Å². The van der Waals surface area contributed by atoms with Crippen LogP contribution in [0.4, 0.5) is 0 Å². The molecule has 0 amide bonds. The van der Waals surface area contributed by atoms with Crippen LogP contribution in [0.15, 0.2) is 54.6 Å². The number of Topliss-reactive ketones (excluding diaryl/α,β-unsaturated/α-hetero) is 1. The molecule has 110 valence electrons. The second-order valence-corrected chi connectivity index (χ2v) is 6.76. The summed E-state index contributed by atoms with van der Waals surface area (Å²) in [5.74, 6) is 1.06. The van der Waals surface area contributed by atoms with E-state index in [1.807, 2.05) is 48.5 Å². The summed E-state index contributed by atoms with van der Waals surface area (Å²) < 4.78 is 12.0. The van der Waals surface area contributed by atoms with E-state index in [0.29, 0.717) is 29.4 Å². The first-order chi connectivity index (χ1) is 10.2. The van der Waals surface area contributed by atoms with Gasteiger partial charge in [0.1, 0.15) is 0 Å². The lowest BCUT2D eigenvalue weighted by molar-refractivity contribution is 0.0982. The quantitative estimate of drug-likeness (QED) is 0.715. The molecule has 21 heavy (non-hydrogen) atoms. The molecule has 0 heterocycles. The molecule has 0 radical (unpaired) electrons. The second-order valence-electron chi connectivity index (χ2n) is 4.77. The number of rotatable bonds is 7. The van der Waals surface area contributed by atoms with Crippen LogP contribution in [0.3, 0.4) is 0 Å². The van der Waals surface area contributed by atoms with E-state index in [9.17, 15) is 9.00 Å². The maximum absolute atomic E-state index is 12.0. The Labute approximate surface area is 132 Å². The van der Waals surface area contributed by atoms with E-state index >= 15 is 0 Å². The summed E-state index contributed by atoms with van der Waals surface area (Å²) >= 11 is 6.04. The molecule has 0 saturated carbocycles. The molecule has 1 unspecified atom stereocenters. The number of carbonyl (C=O) groups excluding carboxylic acids is 1. The first-order valence-electron chi connectivity index (χ1n) is 6.83. The summed E-state index contributed by atoms with van der Waals surface area (Å²) in [6, 6.07) is 16.6. The zero-order valence-corrected chi connectivity index (χ0v) is 13.2. The zero-order valence-electron chi connectivity index (χ0n) is 11.6. The van der Waals surface area contributed by atoms with Crippen molar-refractivity contribution in [2.75, 3.05) is 5.75 Å². The molecule has 0 fully saturated rings. The molecule has 2 aromatic rings. The highest BCUT2D eigenvalue weighted by molar-refractivity contribution is 7.84. The van der Waals surface area contributed by atoms with Gasteiger partial charge in [-0.2, -0.15) is 0 Å². The van der Waals surface area contributed by atoms with Gasteiger partial charge in [0, 0.05) is 39.3 Å². The lowest BCUT2D eigenvalue weighted by Gasteiger charge is -2.05. The van der Waals surface area contributed by atoms with Crippen LogP contribution in [0.2, 0.25) is 5.02 Å². The molecule has 2 nitrogen and oxygen atoms in total. The van der Waals surface area contributed by atoms with Crippen molar-refractivity contribution in [3.63, 3.8) is 0 Å². The van der Waals surface area contributed by atoms with Gasteiger partial charge in [0.25, 0.3) is 0 Å². The Morgan fingerprint density at radius 2 is 1.67 bits per heavy atom. The van der Waals surface area contributed by atoms with Gasteiger partial charge < -0.3 is 0 Å². The van der Waals surface area contributed by atoms with Gasteiger partial charge in [0.05, 0.1) is 0 Å². The Morgan fingerprint density at radius 3 is 2.38 bits per heavy atom. The molecule has 1 atom stereocenters. The van der Waals surface area contributed by atoms with Crippen molar-refractivity contribution < 1.29 is 9.00 Å². The average molecular weight is 321 g/mol. The Morgan fingerprint density at radius 1 is 1.00 bits per heavy atom. The topological polar surface area (TPSA) is 34.1 Å². The monoisotopic (exact) mass is 320 g/mol. The van der Waals surface area contributed by atoms with Crippen molar-refractivity contribution in [2.45, 2.75) is 18.6 Å². The summed E-state index contributed by atoms with van der Waals surface area (Å²) in [7, 11) is -0.991. The number of halogens is 1. The third-order valence-corrected chi connectivity index (χ3v) is 4.89. The average Bonchev–Trinajstić information content (AvgIpc) is 2.50. The van der Waals surface area contributed by atoms with Gasteiger partial charge in [-0.25, -0.2) is 0 Å². The fraction of sp³-hybridized carbons (Fsp3) is 0.235. The molecule has 0 aliphatic carbocycles. The molecule has 0 saturated heterocycles. The van der Waals surface area contributed by atoms with Gasteiger partial charge in [0.15, 0.2) is 5.78 Å². The molecule has 4 heteroatoms. The summed E-state index contributed by atoms with van der Waals surface area (Å²) in [6.07, 6.45) is 1.06. The van der Waals surface area contributed by atoms with E-state index in [0.717, 1.165) is 11.1 Å². The molecule has 0 bridgehead atoms. The normalized spacial score (nSPS) is 12.0. The minimum atomic E-state index is -0.991. The molecular weight excluding hydrogens is 304 g/mol. The largest absolute Gasteiger partial charge is 0.294 e. The summed E-state index contributed by atoms with van der Waals surface area (Å²) in [5.41, 5.74) is 1.61. The molecule has 0 aliphatic rings. The third-order valence-electron chi connectivity index (χ3n) is 3.15. The number of benzene rings is 2. The Balaban J connectivity index is 1.77. The van der Waals surface area contributed by atoms with Gasteiger partial charge >= 0.3 is 0 Å². The lowest BCUT2D eigenvalue weighted by atomic mass is 10.1. The van der Waals surface area contributed by atoms with E-state index < -0.39 is 10.8 Å². The Hall–Kier alpha value is -1.45. The zero-order chi connectivity index (χ0) is 15.1. The molecule has 0 spiro atoms. The Bertz CT molecular complexity index is 626. The molecule has 2 aromatic carbocycles. The van der Waals surface area contributed by atoms with Crippen molar-refractivity contribution >= 4 is 28.2 Å². The maximum Gasteiger partial charge on any atom is 0.162 e.